The van der Waals surface area contributed by atoms with E-state index in [1.54, 1.807) is 0 Å². The highest BCUT2D eigenvalue weighted by atomic mass is 16.1. The maximum atomic E-state index is 11.5. The summed E-state index contributed by atoms with van der Waals surface area (Å²) >= 11 is 0. The van der Waals surface area contributed by atoms with Crippen molar-refractivity contribution in [2.24, 2.45) is 5.73 Å². The number of carbonyl (C=O) groups is 1. The minimum Gasteiger partial charge on any atom is -0.356 e. The number of piperidine rings is 1. The molecule has 0 aromatic carbocycles. The summed E-state index contributed by atoms with van der Waals surface area (Å²) in [4.78, 5) is 14.0. The number of amides is 1. The summed E-state index contributed by atoms with van der Waals surface area (Å²) in [6.45, 7) is 4.14. The first-order valence-electron chi connectivity index (χ1n) is 6.45. The van der Waals surface area contributed by atoms with Crippen molar-refractivity contribution < 1.29 is 4.79 Å². The van der Waals surface area contributed by atoms with E-state index in [0.717, 1.165) is 38.8 Å². The number of nitrogens with zero attached hydrogens (tertiary/aromatic N) is 1. The molecule has 1 amide bonds. The molecule has 92 valence electrons. The number of likely N-dealkylation sites (tertiary alicyclic amines) is 1. The Morgan fingerprint density at radius 1 is 1.44 bits per heavy atom. The van der Waals surface area contributed by atoms with Gasteiger partial charge in [0.2, 0.25) is 5.91 Å². The Labute approximate surface area is 97.6 Å². The second-order valence-corrected chi connectivity index (χ2v) is 5.22. The van der Waals surface area contributed by atoms with Gasteiger partial charge in [0.25, 0.3) is 0 Å². The number of nitrogens with one attached hydrogen (secondary N) is 1. The van der Waals surface area contributed by atoms with E-state index in [4.69, 9.17) is 5.73 Å². The molecule has 0 bridgehead atoms. The van der Waals surface area contributed by atoms with Gasteiger partial charge < -0.3 is 11.1 Å². The molecule has 0 aromatic heterocycles. The number of rotatable bonds is 1. The molecule has 4 heteroatoms. The Bertz CT molecular complexity index is 257. The van der Waals surface area contributed by atoms with Crippen LogP contribution in [0.5, 0.6) is 0 Å². The zero-order chi connectivity index (χ0) is 11.5. The van der Waals surface area contributed by atoms with Crippen LogP contribution >= 0.6 is 0 Å². The SMILES string of the molecule is CC1CC(N)CCN1C1CCCNC(=O)C1. The van der Waals surface area contributed by atoms with Gasteiger partial charge in [-0.2, -0.15) is 0 Å². The lowest BCUT2D eigenvalue weighted by Crippen LogP contribution is -2.50. The van der Waals surface area contributed by atoms with Gasteiger partial charge in [-0.05, 0) is 32.6 Å². The molecular weight excluding hydrogens is 202 g/mol. The van der Waals surface area contributed by atoms with Gasteiger partial charge in [-0.3, -0.25) is 9.69 Å². The molecule has 2 aliphatic rings. The van der Waals surface area contributed by atoms with Crippen LogP contribution in [0.25, 0.3) is 0 Å². The Hall–Kier alpha value is -0.610. The van der Waals surface area contributed by atoms with E-state index in [1.807, 2.05) is 0 Å². The summed E-state index contributed by atoms with van der Waals surface area (Å²) in [6.07, 6.45) is 5.05. The molecule has 3 unspecified atom stereocenters. The van der Waals surface area contributed by atoms with Gasteiger partial charge in [0.1, 0.15) is 0 Å². The summed E-state index contributed by atoms with van der Waals surface area (Å²) in [6, 6.07) is 1.32. The molecule has 4 nitrogen and oxygen atoms in total. The standard InChI is InChI=1S/C12H23N3O/c1-9-7-10(13)4-6-15(9)11-3-2-5-14-12(16)8-11/h9-11H,2-8,13H2,1H3,(H,14,16). The molecule has 0 saturated carbocycles. The number of nitrogens with two attached hydrogens (primary N) is 1. The van der Waals surface area contributed by atoms with E-state index in [0.29, 0.717) is 24.5 Å². The highest BCUT2D eigenvalue weighted by Gasteiger charge is 2.30. The van der Waals surface area contributed by atoms with Crippen molar-refractivity contribution in [3.8, 4) is 0 Å². The molecule has 2 aliphatic heterocycles. The van der Waals surface area contributed by atoms with Crippen LogP contribution in [0.2, 0.25) is 0 Å². The Kier molecular flexibility index (Phi) is 3.82. The third kappa shape index (κ3) is 2.74. The first-order valence-corrected chi connectivity index (χ1v) is 6.45. The van der Waals surface area contributed by atoms with Gasteiger partial charge in [-0.25, -0.2) is 0 Å². The summed E-state index contributed by atoms with van der Waals surface area (Å²) in [7, 11) is 0. The second-order valence-electron chi connectivity index (χ2n) is 5.22. The Morgan fingerprint density at radius 2 is 2.25 bits per heavy atom. The Balaban J connectivity index is 1.97. The van der Waals surface area contributed by atoms with Crippen molar-refractivity contribution in [1.82, 2.24) is 10.2 Å². The molecule has 0 radical (unpaired) electrons. The quantitative estimate of drug-likeness (QED) is 0.682. The van der Waals surface area contributed by atoms with Crippen LogP contribution in [0.1, 0.15) is 39.0 Å². The molecule has 16 heavy (non-hydrogen) atoms. The molecule has 2 heterocycles. The maximum Gasteiger partial charge on any atom is 0.221 e. The molecule has 0 spiro atoms. The van der Waals surface area contributed by atoms with E-state index < -0.39 is 0 Å². The van der Waals surface area contributed by atoms with Gasteiger partial charge in [-0.1, -0.05) is 0 Å². The van der Waals surface area contributed by atoms with Gasteiger partial charge in [-0.15, -0.1) is 0 Å². The largest absolute Gasteiger partial charge is 0.356 e. The zero-order valence-electron chi connectivity index (χ0n) is 10.1. The van der Waals surface area contributed by atoms with Crippen LogP contribution in [-0.4, -0.2) is 42.0 Å². The van der Waals surface area contributed by atoms with Crippen molar-refractivity contribution in [2.45, 2.75) is 57.2 Å². The van der Waals surface area contributed by atoms with E-state index in [-0.39, 0.29) is 5.91 Å². The monoisotopic (exact) mass is 225 g/mol. The predicted molar refractivity (Wildman–Crippen MR) is 64.0 cm³/mol. The summed E-state index contributed by atoms with van der Waals surface area (Å²) in [5.74, 6) is 0.213. The molecule has 3 atom stereocenters. The summed E-state index contributed by atoms with van der Waals surface area (Å²) < 4.78 is 0. The van der Waals surface area contributed by atoms with Crippen molar-refractivity contribution in [1.29, 1.82) is 0 Å². The average Bonchev–Trinajstić information content (AvgIpc) is 2.43. The topological polar surface area (TPSA) is 58.4 Å². The van der Waals surface area contributed by atoms with Gasteiger partial charge >= 0.3 is 0 Å². The molecule has 0 aliphatic carbocycles. The Morgan fingerprint density at radius 3 is 3.00 bits per heavy atom. The fourth-order valence-corrected chi connectivity index (χ4v) is 3.01. The van der Waals surface area contributed by atoms with Crippen molar-refractivity contribution in [3.05, 3.63) is 0 Å². The van der Waals surface area contributed by atoms with E-state index in [9.17, 15) is 4.79 Å². The number of hydrogen-bond acceptors (Lipinski definition) is 3. The molecule has 0 aromatic rings. The van der Waals surface area contributed by atoms with Gasteiger partial charge in [0, 0.05) is 37.6 Å². The first-order chi connectivity index (χ1) is 7.66. The van der Waals surface area contributed by atoms with Crippen molar-refractivity contribution in [2.75, 3.05) is 13.1 Å². The second kappa shape index (κ2) is 5.15. The van der Waals surface area contributed by atoms with E-state index in [1.165, 1.54) is 0 Å². The maximum absolute atomic E-state index is 11.5. The lowest BCUT2D eigenvalue weighted by Gasteiger charge is -2.41. The minimum absolute atomic E-state index is 0.213. The smallest absolute Gasteiger partial charge is 0.221 e. The molecular formula is C12H23N3O. The van der Waals surface area contributed by atoms with Crippen LogP contribution in [-0.2, 0) is 4.79 Å². The van der Waals surface area contributed by atoms with Gasteiger partial charge in [0.05, 0.1) is 0 Å². The summed E-state index contributed by atoms with van der Waals surface area (Å²) in [5, 5.41) is 2.95. The molecule has 2 saturated heterocycles. The molecule has 2 rings (SSSR count). The number of hydrogen-bond donors (Lipinski definition) is 2. The van der Waals surface area contributed by atoms with E-state index >= 15 is 0 Å². The lowest BCUT2D eigenvalue weighted by atomic mass is 9.95. The fraction of sp³-hybridized carbons (Fsp3) is 0.917. The minimum atomic E-state index is 0.213. The molecule has 2 fully saturated rings. The third-order valence-electron chi connectivity index (χ3n) is 3.89. The van der Waals surface area contributed by atoms with Crippen molar-refractivity contribution in [3.63, 3.8) is 0 Å². The highest BCUT2D eigenvalue weighted by Crippen LogP contribution is 2.23. The third-order valence-corrected chi connectivity index (χ3v) is 3.89. The summed E-state index contributed by atoms with van der Waals surface area (Å²) in [5.41, 5.74) is 5.97. The first kappa shape index (κ1) is 11.9. The van der Waals surface area contributed by atoms with Crippen LogP contribution in [0.3, 0.4) is 0 Å². The van der Waals surface area contributed by atoms with Gasteiger partial charge in [0.15, 0.2) is 0 Å². The average molecular weight is 225 g/mol. The normalized spacial score (nSPS) is 37.9. The zero-order valence-corrected chi connectivity index (χ0v) is 10.1. The highest BCUT2D eigenvalue weighted by molar-refractivity contribution is 5.76. The lowest BCUT2D eigenvalue weighted by molar-refractivity contribution is -0.122. The van der Waals surface area contributed by atoms with Crippen LogP contribution in [0.4, 0.5) is 0 Å². The number of carbonyl (C=O) groups excluding carboxylic acids is 1. The van der Waals surface area contributed by atoms with Crippen LogP contribution < -0.4 is 11.1 Å². The van der Waals surface area contributed by atoms with Crippen LogP contribution in [0, 0.1) is 0 Å². The fourth-order valence-electron chi connectivity index (χ4n) is 3.01. The predicted octanol–water partition coefficient (Wildman–Crippen LogP) is 0.467. The molecule has 3 N–H and O–H groups in total. The van der Waals surface area contributed by atoms with Crippen LogP contribution in [0.15, 0.2) is 0 Å². The van der Waals surface area contributed by atoms with Crippen molar-refractivity contribution >= 4 is 5.91 Å². The van der Waals surface area contributed by atoms with E-state index in [2.05, 4.69) is 17.1 Å².